The van der Waals surface area contributed by atoms with Gasteiger partial charge in [-0.2, -0.15) is 0 Å². The molecule has 1 aromatic carbocycles. The molecular formula is C15H22O3. The van der Waals surface area contributed by atoms with E-state index < -0.39 is 0 Å². The molecule has 0 saturated carbocycles. The molecule has 100 valence electrons. The maximum Gasteiger partial charge on any atom is 0.119 e. The summed E-state index contributed by atoms with van der Waals surface area (Å²) in [5.41, 5.74) is 0. The van der Waals surface area contributed by atoms with E-state index in [0.717, 1.165) is 31.1 Å². The number of benzene rings is 1. The molecular weight excluding hydrogens is 228 g/mol. The number of hydrogen-bond acceptors (Lipinski definition) is 3. The SMILES string of the molecule is CCCCCCOc1ccc(OC[C@@H]2CO2)cc1. The van der Waals surface area contributed by atoms with E-state index in [0.29, 0.717) is 12.7 Å². The highest BCUT2D eigenvalue weighted by Gasteiger charge is 2.22. The molecule has 1 fully saturated rings. The first kappa shape index (κ1) is 13.2. The van der Waals surface area contributed by atoms with Crippen LogP contribution in [-0.4, -0.2) is 25.9 Å². The third kappa shape index (κ3) is 4.96. The summed E-state index contributed by atoms with van der Waals surface area (Å²) in [5.74, 6) is 1.80. The Morgan fingerprint density at radius 3 is 2.33 bits per heavy atom. The Morgan fingerprint density at radius 1 is 1.06 bits per heavy atom. The normalized spacial score (nSPS) is 17.5. The average molecular weight is 250 g/mol. The fraction of sp³-hybridized carbons (Fsp3) is 0.600. The van der Waals surface area contributed by atoms with Crippen LogP contribution in [0, 0.1) is 0 Å². The number of hydrogen-bond donors (Lipinski definition) is 0. The summed E-state index contributed by atoms with van der Waals surface area (Å²) in [6.07, 6.45) is 5.24. The summed E-state index contributed by atoms with van der Waals surface area (Å²) in [6, 6.07) is 7.82. The van der Waals surface area contributed by atoms with Gasteiger partial charge in [-0.05, 0) is 30.7 Å². The summed E-state index contributed by atoms with van der Waals surface area (Å²) in [5, 5.41) is 0. The first-order valence-electron chi connectivity index (χ1n) is 6.85. The zero-order valence-electron chi connectivity index (χ0n) is 11.1. The van der Waals surface area contributed by atoms with Crippen molar-refractivity contribution in [2.45, 2.75) is 38.7 Å². The predicted octanol–water partition coefficient (Wildman–Crippen LogP) is 3.42. The lowest BCUT2D eigenvalue weighted by atomic mass is 10.2. The molecule has 1 atom stereocenters. The Morgan fingerprint density at radius 2 is 1.72 bits per heavy atom. The van der Waals surface area contributed by atoms with E-state index in [1.54, 1.807) is 0 Å². The Hall–Kier alpha value is -1.22. The van der Waals surface area contributed by atoms with Crippen molar-refractivity contribution in [3.8, 4) is 11.5 Å². The van der Waals surface area contributed by atoms with Gasteiger partial charge in [-0.1, -0.05) is 26.2 Å². The number of unbranched alkanes of at least 4 members (excludes halogenated alkanes) is 3. The molecule has 2 rings (SSSR count). The molecule has 0 aromatic heterocycles. The largest absolute Gasteiger partial charge is 0.494 e. The minimum Gasteiger partial charge on any atom is -0.494 e. The molecule has 0 amide bonds. The van der Waals surface area contributed by atoms with Crippen molar-refractivity contribution in [1.82, 2.24) is 0 Å². The molecule has 18 heavy (non-hydrogen) atoms. The first-order chi connectivity index (χ1) is 8.88. The van der Waals surface area contributed by atoms with Crippen molar-refractivity contribution in [3.63, 3.8) is 0 Å². The lowest BCUT2D eigenvalue weighted by Crippen LogP contribution is -2.04. The van der Waals surface area contributed by atoms with Gasteiger partial charge in [0.25, 0.3) is 0 Å². The summed E-state index contributed by atoms with van der Waals surface area (Å²) >= 11 is 0. The Balaban J connectivity index is 1.63. The summed E-state index contributed by atoms with van der Waals surface area (Å²) in [6.45, 7) is 4.50. The van der Waals surface area contributed by atoms with Crippen molar-refractivity contribution in [2.75, 3.05) is 19.8 Å². The fourth-order valence-corrected chi connectivity index (χ4v) is 1.70. The van der Waals surface area contributed by atoms with Gasteiger partial charge in [-0.3, -0.25) is 0 Å². The van der Waals surface area contributed by atoms with Crippen molar-refractivity contribution >= 4 is 0 Å². The second-order valence-electron chi connectivity index (χ2n) is 4.65. The third-order valence-corrected chi connectivity index (χ3v) is 2.93. The Kier molecular flexibility index (Phi) is 5.34. The standard InChI is InChI=1S/C15H22O3/c1-2-3-4-5-10-16-13-6-8-14(9-7-13)17-11-15-12-18-15/h6-9,15H,2-5,10-12H2,1H3/t15-/m1/s1. The molecule has 1 heterocycles. The molecule has 3 nitrogen and oxygen atoms in total. The molecule has 0 unspecified atom stereocenters. The smallest absolute Gasteiger partial charge is 0.119 e. The van der Waals surface area contributed by atoms with Crippen LogP contribution in [0.25, 0.3) is 0 Å². The fourth-order valence-electron chi connectivity index (χ4n) is 1.70. The minimum absolute atomic E-state index is 0.305. The number of ether oxygens (including phenoxy) is 3. The van der Waals surface area contributed by atoms with Gasteiger partial charge >= 0.3 is 0 Å². The topological polar surface area (TPSA) is 31.0 Å². The molecule has 1 aliphatic heterocycles. The average Bonchev–Trinajstić information content (AvgIpc) is 3.22. The van der Waals surface area contributed by atoms with Crippen LogP contribution in [-0.2, 0) is 4.74 Å². The molecule has 0 bridgehead atoms. The Bertz CT molecular complexity index is 330. The Labute approximate surface area is 109 Å². The molecule has 3 heteroatoms. The van der Waals surface area contributed by atoms with Gasteiger partial charge in [0, 0.05) is 0 Å². The number of rotatable bonds is 9. The molecule has 0 spiro atoms. The van der Waals surface area contributed by atoms with Gasteiger partial charge in [0.1, 0.15) is 24.2 Å². The number of epoxide rings is 1. The second kappa shape index (κ2) is 7.27. The van der Waals surface area contributed by atoms with Crippen LogP contribution in [0.1, 0.15) is 32.6 Å². The van der Waals surface area contributed by atoms with Crippen molar-refractivity contribution < 1.29 is 14.2 Å². The van der Waals surface area contributed by atoms with E-state index in [1.165, 1.54) is 19.3 Å². The van der Waals surface area contributed by atoms with Gasteiger partial charge in [0.05, 0.1) is 13.2 Å². The molecule has 1 aromatic rings. The van der Waals surface area contributed by atoms with Crippen LogP contribution < -0.4 is 9.47 Å². The van der Waals surface area contributed by atoms with Gasteiger partial charge in [0.2, 0.25) is 0 Å². The van der Waals surface area contributed by atoms with Crippen LogP contribution in [0.2, 0.25) is 0 Å². The lowest BCUT2D eigenvalue weighted by molar-refractivity contribution is 0.262. The lowest BCUT2D eigenvalue weighted by Gasteiger charge is -2.07. The molecule has 1 saturated heterocycles. The van der Waals surface area contributed by atoms with Crippen molar-refractivity contribution in [3.05, 3.63) is 24.3 Å². The highest BCUT2D eigenvalue weighted by atomic mass is 16.6. The minimum atomic E-state index is 0.305. The molecule has 0 aliphatic carbocycles. The van der Waals surface area contributed by atoms with E-state index in [-0.39, 0.29) is 0 Å². The van der Waals surface area contributed by atoms with Crippen LogP contribution >= 0.6 is 0 Å². The van der Waals surface area contributed by atoms with Crippen LogP contribution in [0.3, 0.4) is 0 Å². The third-order valence-electron chi connectivity index (χ3n) is 2.93. The van der Waals surface area contributed by atoms with E-state index in [1.807, 2.05) is 24.3 Å². The van der Waals surface area contributed by atoms with E-state index in [4.69, 9.17) is 14.2 Å². The first-order valence-corrected chi connectivity index (χ1v) is 6.85. The van der Waals surface area contributed by atoms with Gasteiger partial charge in [0.15, 0.2) is 0 Å². The zero-order chi connectivity index (χ0) is 12.6. The van der Waals surface area contributed by atoms with E-state index in [9.17, 15) is 0 Å². The van der Waals surface area contributed by atoms with Crippen molar-refractivity contribution in [1.29, 1.82) is 0 Å². The van der Waals surface area contributed by atoms with Gasteiger partial charge in [-0.25, -0.2) is 0 Å². The highest BCUT2D eigenvalue weighted by molar-refractivity contribution is 5.31. The highest BCUT2D eigenvalue weighted by Crippen LogP contribution is 2.19. The molecule has 1 aliphatic rings. The monoisotopic (exact) mass is 250 g/mol. The van der Waals surface area contributed by atoms with E-state index >= 15 is 0 Å². The van der Waals surface area contributed by atoms with E-state index in [2.05, 4.69) is 6.92 Å². The molecule has 0 radical (unpaired) electrons. The second-order valence-corrected chi connectivity index (χ2v) is 4.65. The summed E-state index contributed by atoms with van der Waals surface area (Å²) in [7, 11) is 0. The van der Waals surface area contributed by atoms with Crippen LogP contribution in [0.15, 0.2) is 24.3 Å². The summed E-state index contributed by atoms with van der Waals surface area (Å²) < 4.78 is 16.3. The van der Waals surface area contributed by atoms with Gasteiger partial charge in [-0.15, -0.1) is 0 Å². The summed E-state index contributed by atoms with van der Waals surface area (Å²) in [4.78, 5) is 0. The quantitative estimate of drug-likeness (QED) is 0.497. The molecule has 0 N–H and O–H groups in total. The van der Waals surface area contributed by atoms with Gasteiger partial charge < -0.3 is 14.2 Å². The van der Waals surface area contributed by atoms with Crippen LogP contribution in [0.4, 0.5) is 0 Å². The van der Waals surface area contributed by atoms with Crippen LogP contribution in [0.5, 0.6) is 11.5 Å². The zero-order valence-corrected chi connectivity index (χ0v) is 11.1. The maximum atomic E-state index is 5.67. The predicted molar refractivity (Wildman–Crippen MR) is 71.3 cm³/mol. The van der Waals surface area contributed by atoms with Crippen molar-refractivity contribution in [2.24, 2.45) is 0 Å². The maximum absolute atomic E-state index is 5.67.